The molecule has 4 heterocycles. The lowest BCUT2D eigenvalue weighted by Crippen LogP contribution is -2.54. The largest absolute Gasteiger partial charge is 0.490 e. The molecule has 39 heavy (non-hydrogen) atoms. The Kier molecular flexibility index (Phi) is 8.73. The topological polar surface area (TPSA) is 119 Å². The first-order chi connectivity index (χ1) is 19.0. The van der Waals surface area contributed by atoms with Crippen molar-refractivity contribution in [3.63, 3.8) is 0 Å². The van der Waals surface area contributed by atoms with Gasteiger partial charge in [-0.1, -0.05) is 0 Å². The summed E-state index contributed by atoms with van der Waals surface area (Å²) < 4.78 is 17.7. The fraction of sp³-hybridized carbons (Fsp3) is 0.517. The summed E-state index contributed by atoms with van der Waals surface area (Å²) in [6, 6.07) is 8.86. The Morgan fingerprint density at radius 2 is 1.87 bits per heavy atom. The third-order valence-electron chi connectivity index (χ3n) is 7.77. The molecule has 3 amide bonds. The highest BCUT2D eigenvalue weighted by atomic mass is 16.5. The lowest BCUT2D eigenvalue weighted by Gasteiger charge is -2.42. The minimum absolute atomic E-state index is 0.0515. The van der Waals surface area contributed by atoms with E-state index in [0.717, 1.165) is 12.0 Å². The number of hydrogen-bond acceptors (Lipinski definition) is 7. The number of rotatable bonds is 7. The molecule has 0 unspecified atom stereocenters. The summed E-state index contributed by atoms with van der Waals surface area (Å²) in [7, 11) is 1.78. The van der Waals surface area contributed by atoms with Gasteiger partial charge < -0.3 is 29.7 Å². The number of carbonyl (C=O) groups is 3. The maximum absolute atomic E-state index is 13.5. The Balaban J connectivity index is 1.17. The van der Waals surface area contributed by atoms with E-state index < -0.39 is 0 Å². The normalized spacial score (nSPS) is 23.5. The number of anilines is 1. The molecule has 3 aliphatic heterocycles. The van der Waals surface area contributed by atoms with Gasteiger partial charge in [0.1, 0.15) is 18.5 Å². The number of likely N-dealkylation sites (N-methyl/N-ethyl adjacent to an activating group) is 1. The highest BCUT2D eigenvalue weighted by Gasteiger charge is 2.39. The zero-order chi connectivity index (χ0) is 27.2. The monoisotopic (exact) mass is 536 g/mol. The van der Waals surface area contributed by atoms with Crippen molar-refractivity contribution < 1.29 is 28.6 Å². The number of hydrogen-bond donors (Lipinski definition) is 2. The van der Waals surface area contributed by atoms with Gasteiger partial charge in [0.2, 0.25) is 11.8 Å². The number of pyridine rings is 1. The number of nitrogens with zero attached hydrogens (tertiary/aromatic N) is 2. The van der Waals surface area contributed by atoms with E-state index in [1.807, 2.05) is 12.1 Å². The number of amides is 3. The van der Waals surface area contributed by atoms with E-state index in [4.69, 9.17) is 14.2 Å². The van der Waals surface area contributed by atoms with E-state index >= 15 is 0 Å². The van der Waals surface area contributed by atoms with Crippen molar-refractivity contribution in [1.29, 1.82) is 0 Å². The quantitative estimate of drug-likeness (QED) is 0.558. The summed E-state index contributed by atoms with van der Waals surface area (Å²) >= 11 is 0. The smallest absolute Gasteiger partial charge is 0.257 e. The number of aromatic nitrogens is 1. The van der Waals surface area contributed by atoms with Crippen molar-refractivity contribution >= 4 is 23.4 Å². The van der Waals surface area contributed by atoms with Crippen molar-refractivity contribution in [3.8, 4) is 5.75 Å². The van der Waals surface area contributed by atoms with E-state index in [1.165, 1.54) is 0 Å². The summed E-state index contributed by atoms with van der Waals surface area (Å²) in [6.07, 6.45) is 6.68. The zero-order valence-corrected chi connectivity index (χ0v) is 22.3. The van der Waals surface area contributed by atoms with Crippen LogP contribution in [-0.4, -0.2) is 79.3 Å². The van der Waals surface area contributed by atoms with Gasteiger partial charge in [0.25, 0.3) is 5.91 Å². The van der Waals surface area contributed by atoms with E-state index in [0.29, 0.717) is 62.4 Å². The molecule has 0 bridgehead atoms. The van der Waals surface area contributed by atoms with Crippen LogP contribution in [0.3, 0.4) is 0 Å². The first-order valence-corrected chi connectivity index (χ1v) is 13.7. The Morgan fingerprint density at radius 1 is 1.08 bits per heavy atom. The molecule has 0 saturated carbocycles. The Bertz CT molecular complexity index is 1170. The lowest BCUT2D eigenvalue weighted by molar-refractivity contribution is -0.134. The molecule has 5 rings (SSSR count). The van der Waals surface area contributed by atoms with Crippen LogP contribution in [0.1, 0.15) is 48.0 Å². The SMILES string of the molecule is CN1C(=O)c2cc(NC(=O)C3CCOCC3)ccc2OC[C@@H]2O[C@@H](CC(=O)NCCc3ccncc3)CC[C@H]21. The van der Waals surface area contributed by atoms with Crippen molar-refractivity contribution in [3.05, 3.63) is 53.9 Å². The molecule has 2 aromatic rings. The lowest BCUT2D eigenvalue weighted by atomic mass is 9.94. The van der Waals surface area contributed by atoms with Crippen LogP contribution in [0.4, 0.5) is 5.69 Å². The van der Waals surface area contributed by atoms with Crippen LogP contribution in [0.25, 0.3) is 0 Å². The van der Waals surface area contributed by atoms with E-state index in [-0.39, 0.29) is 54.9 Å². The molecular formula is C29H36N4O6. The van der Waals surface area contributed by atoms with Crippen LogP contribution in [0.2, 0.25) is 0 Å². The van der Waals surface area contributed by atoms with Crippen molar-refractivity contribution in [2.24, 2.45) is 5.92 Å². The highest BCUT2D eigenvalue weighted by molar-refractivity contribution is 6.00. The fourth-order valence-corrected chi connectivity index (χ4v) is 5.48. The first kappa shape index (κ1) is 27.1. The molecule has 2 N–H and O–H groups in total. The molecule has 0 aliphatic carbocycles. The van der Waals surface area contributed by atoms with Crippen LogP contribution in [0.5, 0.6) is 5.75 Å². The van der Waals surface area contributed by atoms with Gasteiger partial charge in [-0.05, 0) is 68.0 Å². The van der Waals surface area contributed by atoms with Crippen molar-refractivity contribution in [2.75, 3.05) is 38.7 Å². The number of nitrogens with one attached hydrogen (secondary N) is 2. The highest BCUT2D eigenvalue weighted by Crippen LogP contribution is 2.32. The maximum atomic E-state index is 13.5. The third kappa shape index (κ3) is 6.75. The van der Waals surface area contributed by atoms with Gasteiger partial charge in [-0.2, -0.15) is 0 Å². The molecule has 3 aliphatic rings. The average molecular weight is 537 g/mol. The van der Waals surface area contributed by atoms with Gasteiger partial charge in [0, 0.05) is 50.8 Å². The summed E-state index contributed by atoms with van der Waals surface area (Å²) in [5.74, 6) is 0.0714. The van der Waals surface area contributed by atoms with E-state index in [2.05, 4.69) is 15.6 Å². The van der Waals surface area contributed by atoms with Gasteiger partial charge in [-0.3, -0.25) is 19.4 Å². The van der Waals surface area contributed by atoms with Crippen LogP contribution in [0.15, 0.2) is 42.7 Å². The van der Waals surface area contributed by atoms with Crippen LogP contribution in [-0.2, 0) is 25.5 Å². The number of carbonyl (C=O) groups excluding carboxylic acids is 3. The number of ether oxygens (including phenoxy) is 3. The van der Waals surface area contributed by atoms with Gasteiger partial charge in [-0.15, -0.1) is 0 Å². The number of benzene rings is 1. The van der Waals surface area contributed by atoms with E-state index in [9.17, 15) is 14.4 Å². The molecule has 0 radical (unpaired) electrons. The number of fused-ring (bicyclic) bond motifs is 2. The fourth-order valence-electron chi connectivity index (χ4n) is 5.48. The molecule has 10 heteroatoms. The second-order valence-corrected chi connectivity index (χ2v) is 10.4. The van der Waals surface area contributed by atoms with Crippen molar-refractivity contribution in [1.82, 2.24) is 15.2 Å². The summed E-state index contributed by atoms with van der Waals surface area (Å²) in [5, 5.41) is 5.92. The molecule has 2 fully saturated rings. The van der Waals surface area contributed by atoms with Gasteiger partial charge in [0.15, 0.2) is 0 Å². The molecule has 1 aromatic carbocycles. The predicted octanol–water partition coefficient (Wildman–Crippen LogP) is 2.58. The predicted molar refractivity (Wildman–Crippen MR) is 143 cm³/mol. The summed E-state index contributed by atoms with van der Waals surface area (Å²) in [5.41, 5.74) is 2.11. The summed E-state index contributed by atoms with van der Waals surface area (Å²) in [4.78, 5) is 44.4. The summed E-state index contributed by atoms with van der Waals surface area (Å²) in [6.45, 7) is 1.99. The Morgan fingerprint density at radius 3 is 2.67 bits per heavy atom. The Labute approximate surface area is 228 Å². The first-order valence-electron chi connectivity index (χ1n) is 13.7. The van der Waals surface area contributed by atoms with E-state index in [1.54, 1.807) is 42.5 Å². The van der Waals surface area contributed by atoms with Crippen LogP contribution >= 0.6 is 0 Å². The molecule has 1 aromatic heterocycles. The Hall–Kier alpha value is -3.50. The maximum Gasteiger partial charge on any atom is 0.257 e. The molecule has 10 nitrogen and oxygen atoms in total. The molecule has 2 saturated heterocycles. The van der Waals surface area contributed by atoms with Gasteiger partial charge in [-0.25, -0.2) is 0 Å². The second-order valence-electron chi connectivity index (χ2n) is 10.4. The van der Waals surface area contributed by atoms with Crippen molar-refractivity contribution in [2.45, 2.75) is 56.8 Å². The second kappa shape index (κ2) is 12.6. The standard InChI is InChI=1S/C29H36N4O6/c1-33-24-4-3-22(17-27(34)31-13-8-19-6-11-30-12-7-19)39-26(24)18-38-25-5-2-21(16-23(25)29(33)36)32-28(35)20-9-14-37-15-10-20/h2,5-7,11-12,16,20,22,24,26H,3-4,8-10,13-15,17-18H2,1H3,(H,31,34)(H,32,35)/t22-,24-,26+/m1/s1. The van der Waals surface area contributed by atoms with Gasteiger partial charge in [0.05, 0.1) is 24.1 Å². The molecular weight excluding hydrogens is 500 g/mol. The average Bonchev–Trinajstić information content (AvgIpc) is 2.96. The zero-order valence-electron chi connectivity index (χ0n) is 22.3. The minimum Gasteiger partial charge on any atom is -0.490 e. The van der Waals surface area contributed by atoms with Crippen LogP contribution < -0.4 is 15.4 Å². The molecule has 0 spiro atoms. The molecule has 208 valence electrons. The third-order valence-corrected chi connectivity index (χ3v) is 7.77. The van der Waals surface area contributed by atoms with Gasteiger partial charge >= 0.3 is 0 Å². The van der Waals surface area contributed by atoms with Crippen LogP contribution in [0, 0.1) is 5.92 Å². The minimum atomic E-state index is -0.344. The molecule has 3 atom stereocenters.